The number of hydrogen-bond donors (Lipinski definition) is 1. The summed E-state index contributed by atoms with van der Waals surface area (Å²) in [6.45, 7) is 2.26. The SMILES string of the molecule is CCCCSC1CCc2cc(OC)ccc2C1NC. The Labute approximate surface area is 121 Å². The van der Waals surface area contributed by atoms with Crippen LogP contribution in [-0.4, -0.2) is 25.2 Å². The third-order valence-electron chi connectivity index (χ3n) is 3.90. The molecule has 0 heterocycles. The van der Waals surface area contributed by atoms with Crippen LogP contribution in [0.15, 0.2) is 18.2 Å². The molecule has 0 spiro atoms. The predicted molar refractivity (Wildman–Crippen MR) is 84.3 cm³/mol. The number of nitrogens with one attached hydrogen (secondary N) is 1. The Balaban J connectivity index is 2.12. The Morgan fingerprint density at radius 1 is 1.42 bits per heavy atom. The minimum Gasteiger partial charge on any atom is -0.497 e. The molecule has 1 aliphatic rings. The van der Waals surface area contributed by atoms with Crippen LogP contribution in [0, 0.1) is 0 Å². The summed E-state index contributed by atoms with van der Waals surface area (Å²) in [4.78, 5) is 0. The highest BCUT2D eigenvalue weighted by Gasteiger charge is 2.28. The molecule has 0 fully saturated rings. The lowest BCUT2D eigenvalue weighted by molar-refractivity contribution is 0.412. The van der Waals surface area contributed by atoms with E-state index in [-0.39, 0.29) is 0 Å². The molecule has 1 aliphatic carbocycles. The molecule has 2 atom stereocenters. The van der Waals surface area contributed by atoms with Gasteiger partial charge in [-0.25, -0.2) is 0 Å². The van der Waals surface area contributed by atoms with Gasteiger partial charge in [0.15, 0.2) is 0 Å². The number of rotatable bonds is 6. The number of benzene rings is 1. The van der Waals surface area contributed by atoms with E-state index in [0.29, 0.717) is 11.3 Å². The van der Waals surface area contributed by atoms with E-state index in [0.717, 1.165) is 5.75 Å². The molecular weight excluding hydrogens is 254 g/mol. The summed E-state index contributed by atoms with van der Waals surface area (Å²) in [6.07, 6.45) is 5.05. The average Bonchev–Trinajstić information content (AvgIpc) is 2.46. The van der Waals surface area contributed by atoms with E-state index in [2.05, 4.69) is 49.2 Å². The summed E-state index contributed by atoms with van der Waals surface area (Å²) in [5.74, 6) is 2.26. The summed E-state index contributed by atoms with van der Waals surface area (Å²) >= 11 is 2.13. The van der Waals surface area contributed by atoms with Crippen LogP contribution in [0.1, 0.15) is 43.4 Å². The van der Waals surface area contributed by atoms with Crippen molar-refractivity contribution in [2.45, 2.75) is 43.9 Å². The van der Waals surface area contributed by atoms with Gasteiger partial charge in [0.2, 0.25) is 0 Å². The van der Waals surface area contributed by atoms with Crippen LogP contribution in [0.4, 0.5) is 0 Å². The van der Waals surface area contributed by atoms with Gasteiger partial charge in [0.1, 0.15) is 5.75 Å². The topological polar surface area (TPSA) is 21.3 Å². The molecule has 0 aromatic heterocycles. The first-order valence-electron chi connectivity index (χ1n) is 7.25. The fourth-order valence-electron chi connectivity index (χ4n) is 2.79. The molecule has 0 saturated carbocycles. The van der Waals surface area contributed by atoms with Gasteiger partial charge < -0.3 is 10.1 Å². The van der Waals surface area contributed by atoms with E-state index >= 15 is 0 Å². The van der Waals surface area contributed by atoms with E-state index < -0.39 is 0 Å². The molecule has 106 valence electrons. The predicted octanol–water partition coefficient (Wildman–Crippen LogP) is 3.80. The second kappa shape index (κ2) is 7.20. The van der Waals surface area contributed by atoms with Gasteiger partial charge in [-0.2, -0.15) is 11.8 Å². The van der Waals surface area contributed by atoms with Crippen molar-refractivity contribution in [2.75, 3.05) is 19.9 Å². The third-order valence-corrected chi connectivity index (χ3v) is 5.36. The minimum absolute atomic E-state index is 0.483. The summed E-state index contributed by atoms with van der Waals surface area (Å²) in [6, 6.07) is 7.01. The van der Waals surface area contributed by atoms with Crippen molar-refractivity contribution in [3.05, 3.63) is 29.3 Å². The maximum absolute atomic E-state index is 5.33. The Hall–Kier alpha value is -0.670. The zero-order valence-corrected chi connectivity index (χ0v) is 13.1. The van der Waals surface area contributed by atoms with Gasteiger partial charge in [-0.1, -0.05) is 19.4 Å². The number of methoxy groups -OCH3 is 1. The van der Waals surface area contributed by atoms with Crippen molar-refractivity contribution < 1.29 is 4.74 Å². The van der Waals surface area contributed by atoms with Crippen LogP contribution in [-0.2, 0) is 6.42 Å². The van der Waals surface area contributed by atoms with E-state index in [1.54, 1.807) is 7.11 Å². The smallest absolute Gasteiger partial charge is 0.119 e. The maximum atomic E-state index is 5.33. The monoisotopic (exact) mass is 279 g/mol. The Morgan fingerprint density at radius 3 is 2.95 bits per heavy atom. The highest BCUT2D eigenvalue weighted by atomic mass is 32.2. The summed E-state index contributed by atoms with van der Waals surface area (Å²) in [7, 11) is 3.82. The minimum atomic E-state index is 0.483. The lowest BCUT2D eigenvalue weighted by atomic mass is 9.87. The molecule has 0 aliphatic heterocycles. The molecule has 0 bridgehead atoms. The summed E-state index contributed by atoms with van der Waals surface area (Å²) in [5, 5.41) is 4.22. The quantitative estimate of drug-likeness (QED) is 0.800. The molecule has 19 heavy (non-hydrogen) atoms. The van der Waals surface area contributed by atoms with Gasteiger partial charge in [0.05, 0.1) is 7.11 Å². The third kappa shape index (κ3) is 3.46. The highest BCUT2D eigenvalue weighted by Crippen LogP contribution is 2.38. The van der Waals surface area contributed by atoms with E-state index in [1.807, 2.05) is 0 Å². The second-order valence-electron chi connectivity index (χ2n) is 5.13. The van der Waals surface area contributed by atoms with Crippen LogP contribution in [0.5, 0.6) is 5.75 Å². The Morgan fingerprint density at radius 2 is 2.26 bits per heavy atom. The standard InChI is InChI=1S/C16H25NOS/c1-4-5-10-19-15-9-6-12-11-13(18-3)7-8-14(12)16(15)17-2/h7-8,11,15-17H,4-6,9-10H2,1-3H3. The van der Waals surface area contributed by atoms with Crippen molar-refractivity contribution in [1.29, 1.82) is 0 Å². The summed E-state index contributed by atoms with van der Waals surface area (Å²) in [5.41, 5.74) is 2.91. The lowest BCUT2D eigenvalue weighted by Gasteiger charge is -2.33. The molecule has 0 amide bonds. The number of thioether (sulfide) groups is 1. The first-order chi connectivity index (χ1) is 9.30. The van der Waals surface area contributed by atoms with Crippen molar-refractivity contribution in [3.63, 3.8) is 0 Å². The van der Waals surface area contributed by atoms with Gasteiger partial charge in [0, 0.05) is 11.3 Å². The van der Waals surface area contributed by atoms with Crippen LogP contribution >= 0.6 is 11.8 Å². The number of unbranched alkanes of at least 4 members (excludes halogenated alkanes) is 1. The highest BCUT2D eigenvalue weighted by molar-refractivity contribution is 7.99. The Kier molecular flexibility index (Phi) is 5.59. The van der Waals surface area contributed by atoms with E-state index in [9.17, 15) is 0 Å². The first-order valence-corrected chi connectivity index (χ1v) is 8.30. The number of fused-ring (bicyclic) bond motifs is 1. The lowest BCUT2D eigenvalue weighted by Crippen LogP contribution is -2.32. The van der Waals surface area contributed by atoms with Gasteiger partial charge in [-0.15, -0.1) is 0 Å². The van der Waals surface area contributed by atoms with Gasteiger partial charge >= 0.3 is 0 Å². The van der Waals surface area contributed by atoms with Crippen molar-refractivity contribution >= 4 is 11.8 Å². The van der Waals surface area contributed by atoms with E-state index in [4.69, 9.17) is 4.74 Å². The van der Waals surface area contributed by atoms with Crippen molar-refractivity contribution in [2.24, 2.45) is 0 Å². The van der Waals surface area contributed by atoms with Crippen molar-refractivity contribution in [1.82, 2.24) is 5.32 Å². The molecule has 2 nitrogen and oxygen atoms in total. The van der Waals surface area contributed by atoms with Gasteiger partial charge in [-0.3, -0.25) is 0 Å². The first kappa shape index (κ1) is 14.7. The largest absolute Gasteiger partial charge is 0.497 e. The van der Waals surface area contributed by atoms with Crippen molar-refractivity contribution in [3.8, 4) is 5.75 Å². The second-order valence-corrected chi connectivity index (χ2v) is 6.48. The van der Waals surface area contributed by atoms with Gasteiger partial charge in [0.25, 0.3) is 0 Å². The molecule has 1 aromatic carbocycles. The molecular formula is C16H25NOS. The Bertz CT molecular complexity index is 408. The summed E-state index contributed by atoms with van der Waals surface area (Å²) < 4.78 is 5.33. The average molecular weight is 279 g/mol. The van der Waals surface area contributed by atoms with Crippen LogP contribution < -0.4 is 10.1 Å². The molecule has 2 unspecified atom stereocenters. The molecule has 2 rings (SSSR count). The molecule has 0 saturated heterocycles. The van der Waals surface area contributed by atoms with Crippen LogP contribution in [0.2, 0.25) is 0 Å². The fraction of sp³-hybridized carbons (Fsp3) is 0.625. The fourth-order valence-corrected chi connectivity index (χ4v) is 4.31. The molecule has 0 radical (unpaired) electrons. The zero-order valence-electron chi connectivity index (χ0n) is 12.2. The molecule has 1 N–H and O–H groups in total. The van der Waals surface area contributed by atoms with Gasteiger partial charge in [-0.05, 0) is 55.3 Å². The normalized spacial score (nSPS) is 22.1. The number of hydrogen-bond acceptors (Lipinski definition) is 3. The number of ether oxygens (including phenoxy) is 1. The zero-order chi connectivity index (χ0) is 13.7. The van der Waals surface area contributed by atoms with E-state index in [1.165, 1.54) is 42.6 Å². The number of aryl methyl sites for hydroxylation is 1. The molecule has 1 aromatic rings. The van der Waals surface area contributed by atoms with Crippen LogP contribution in [0.3, 0.4) is 0 Å². The van der Waals surface area contributed by atoms with Crippen LogP contribution in [0.25, 0.3) is 0 Å². The maximum Gasteiger partial charge on any atom is 0.119 e. The molecule has 3 heteroatoms.